The van der Waals surface area contributed by atoms with Gasteiger partial charge in [0, 0.05) is 4.47 Å². The molecule has 0 amide bonds. The van der Waals surface area contributed by atoms with Crippen LogP contribution in [0.4, 0.5) is 5.69 Å². The third-order valence-electron chi connectivity index (χ3n) is 3.01. The minimum atomic E-state index is -4.06. The molecule has 0 atom stereocenters. The monoisotopic (exact) mass is 394 g/mol. The Morgan fingerprint density at radius 1 is 1.22 bits per heavy atom. The van der Waals surface area contributed by atoms with Gasteiger partial charge in [-0.05, 0) is 46.3 Å². The first-order chi connectivity index (χ1) is 10.9. The number of carboxylic acids is 1. The van der Waals surface area contributed by atoms with Gasteiger partial charge in [-0.1, -0.05) is 18.2 Å². The lowest BCUT2D eigenvalue weighted by Gasteiger charge is -2.21. The van der Waals surface area contributed by atoms with Crippen molar-refractivity contribution in [1.82, 2.24) is 0 Å². The normalized spacial score (nSPS) is 10.8. The molecule has 0 unspecified atom stereocenters. The first-order valence-corrected chi connectivity index (χ1v) is 8.59. The van der Waals surface area contributed by atoms with E-state index in [4.69, 9.17) is 10.4 Å². The molecule has 0 aliphatic carbocycles. The largest absolute Gasteiger partial charge is 0.478 e. The predicted molar refractivity (Wildman–Crippen MR) is 87.7 cm³/mol. The van der Waals surface area contributed by atoms with Gasteiger partial charge in [-0.15, -0.1) is 0 Å². The highest BCUT2D eigenvalue weighted by Crippen LogP contribution is 2.26. The molecule has 23 heavy (non-hydrogen) atoms. The van der Waals surface area contributed by atoms with Crippen molar-refractivity contribution in [3.63, 3.8) is 0 Å². The zero-order valence-electron chi connectivity index (χ0n) is 11.7. The molecule has 0 aliphatic rings. The van der Waals surface area contributed by atoms with Crippen LogP contribution in [0.25, 0.3) is 0 Å². The van der Waals surface area contributed by atoms with Crippen LogP contribution in [-0.2, 0) is 10.0 Å². The second-order valence-corrected chi connectivity index (χ2v) is 7.17. The van der Waals surface area contributed by atoms with Crippen LogP contribution >= 0.6 is 15.9 Å². The Labute approximate surface area is 141 Å². The molecule has 0 aliphatic heterocycles. The summed E-state index contributed by atoms with van der Waals surface area (Å²) in [7, 11) is -4.06. The van der Waals surface area contributed by atoms with Crippen LogP contribution in [0.1, 0.15) is 10.4 Å². The quantitative estimate of drug-likeness (QED) is 0.785. The minimum Gasteiger partial charge on any atom is -0.478 e. The number of hydrogen-bond donors (Lipinski definition) is 1. The lowest BCUT2D eigenvalue weighted by atomic mass is 10.2. The van der Waals surface area contributed by atoms with Crippen molar-refractivity contribution in [1.29, 1.82) is 5.26 Å². The minimum absolute atomic E-state index is 0.170. The standard InChI is InChI=1S/C15H11BrN2O4S/c16-14-7-6-12(10-13(14)15(19)20)23(21,22)18(9-8-17)11-4-2-1-3-5-11/h1-7,10H,9H2,(H,19,20). The number of aromatic carboxylic acids is 1. The molecule has 6 nitrogen and oxygen atoms in total. The summed E-state index contributed by atoms with van der Waals surface area (Å²) in [5.74, 6) is -1.25. The van der Waals surface area contributed by atoms with Gasteiger partial charge < -0.3 is 5.11 Å². The number of para-hydroxylation sites is 1. The highest BCUT2D eigenvalue weighted by molar-refractivity contribution is 9.10. The van der Waals surface area contributed by atoms with Crippen molar-refractivity contribution in [2.75, 3.05) is 10.8 Å². The summed E-state index contributed by atoms with van der Waals surface area (Å²) in [6, 6.07) is 13.7. The second-order valence-electron chi connectivity index (χ2n) is 4.45. The third kappa shape index (κ3) is 3.52. The fraction of sp³-hybridized carbons (Fsp3) is 0.0667. The fourth-order valence-corrected chi connectivity index (χ4v) is 3.73. The summed E-state index contributed by atoms with van der Waals surface area (Å²) in [4.78, 5) is 11.0. The molecule has 8 heteroatoms. The van der Waals surface area contributed by atoms with Gasteiger partial charge in [-0.25, -0.2) is 13.2 Å². The van der Waals surface area contributed by atoms with Crippen molar-refractivity contribution in [2.45, 2.75) is 4.90 Å². The maximum atomic E-state index is 12.8. The Hall–Kier alpha value is -2.37. The van der Waals surface area contributed by atoms with Crippen molar-refractivity contribution >= 4 is 37.6 Å². The predicted octanol–water partition coefficient (Wildman–Crippen LogP) is 2.87. The van der Waals surface area contributed by atoms with E-state index in [1.165, 1.54) is 12.1 Å². The Kier molecular flexibility index (Phi) is 5.03. The lowest BCUT2D eigenvalue weighted by Crippen LogP contribution is -2.31. The highest BCUT2D eigenvalue weighted by Gasteiger charge is 2.26. The summed E-state index contributed by atoms with van der Waals surface area (Å²) in [5, 5.41) is 18.1. The first kappa shape index (κ1) is 17.0. The summed E-state index contributed by atoms with van der Waals surface area (Å²) in [5.41, 5.74) is 0.157. The second kappa shape index (κ2) is 6.81. The van der Waals surface area contributed by atoms with Gasteiger partial charge in [0.15, 0.2) is 0 Å². The van der Waals surface area contributed by atoms with Gasteiger partial charge in [-0.3, -0.25) is 4.31 Å². The molecule has 0 saturated heterocycles. The first-order valence-electron chi connectivity index (χ1n) is 6.35. The van der Waals surface area contributed by atoms with E-state index in [0.717, 1.165) is 10.4 Å². The van der Waals surface area contributed by atoms with Crippen LogP contribution in [0, 0.1) is 11.3 Å². The molecular weight excluding hydrogens is 384 g/mol. The summed E-state index contributed by atoms with van der Waals surface area (Å²) in [6.45, 7) is -0.384. The maximum Gasteiger partial charge on any atom is 0.336 e. The summed E-state index contributed by atoms with van der Waals surface area (Å²) < 4.78 is 26.8. The van der Waals surface area contributed by atoms with E-state index in [2.05, 4.69) is 15.9 Å². The van der Waals surface area contributed by atoms with E-state index in [1.807, 2.05) is 6.07 Å². The maximum absolute atomic E-state index is 12.8. The number of carbonyl (C=O) groups is 1. The molecule has 118 valence electrons. The molecule has 0 radical (unpaired) electrons. The zero-order chi connectivity index (χ0) is 17.0. The van der Waals surface area contributed by atoms with Crippen LogP contribution in [0.2, 0.25) is 0 Å². The average molecular weight is 395 g/mol. The van der Waals surface area contributed by atoms with Gasteiger partial charge >= 0.3 is 5.97 Å². The molecule has 2 rings (SSSR count). The molecule has 0 aromatic heterocycles. The molecule has 1 N–H and O–H groups in total. The summed E-state index contributed by atoms with van der Waals surface area (Å²) >= 11 is 3.07. The van der Waals surface area contributed by atoms with Gasteiger partial charge in [0.2, 0.25) is 0 Å². The van der Waals surface area contributed by atoms with E-state index in [1.54, 1.807) is 30.3 Å². The lowest BCUT2D eigenvalue weighted by molar-refractivity contribution is 0.0695. The molecule has 0 heterocycles. The number of nitriles is 1. The number of hydrogen-bond acceptors (Lipinski definition) is 4. The van der Waals surface area contributed by atoms with Crippen LogP contribution in [0.5, 0.6) is 0 Å². The van der Waals surface area contributed by atoms with E-state index in [-0.39, 0.29) is 21.5 Å². The van der Waals surface area contributed by atoms with Gasteiger partial charge in [0.25, 0.3) is 10.0 Å². The third-order valence-corrected chi connectivity index (χ3v) is 5.48. The average Bonchev–Trinajstić information content (AvgIpc) is 2.53. The van der Waals surface area contributed by atoms with Crippen LogP contribution in [0.3, 0.4) is 0 Å². The van der Waals surface area contributed by atoms with Crippen molar-refractivity contribution in [3.05, 3.63) is 58.6 Å². The molecule has 2 aromatic carbocycles. The number of halogens is 1. The smallest absolute Gasteiger partial charge is 0.336 e. The Morgan fingerprint density at radius 3 is 2.43 bits per heavy atom. The van der Waals surface area contributed by atoms with Gasteiger partial charge in [0.05, 0.1) is 22.2 Å². The number of anilines is 1. The van der Waals surface area contributed by atoms with E-state index in [9.17, 15) is 13.2 Å². The molecule has 0 fully saturated rings. The number of sulfonamides is 1. The topological polar surface area (TPSA) is 98.5 Å². The van der Waals surface area contributed by atoms with Crippen LogP contribution in [-0.4, -0.2) is 26.0 Å². The van der Waals surface area contributed by atoms with E-state index >= 15 is 0 Å². The zero-order valence-corrected chi connectivity index (χ0v) is 14.1. The molecule has 0 bridgehead atoms. The van der Waals surface area contributed by atoms with Crippen LogP contribution < -0.4 is 4.31 Å². The van der Waals surface area contributed by atoms with Crippen molar-refractivity contribution in [3.8, 4) is 6.07 Å². The number of carboxylic acid groups (broad SMARTS) is 1. The number of benzene rings is 2. The fourth-order valence-electron chi connectivity index (χ4n) is 1.93. The van der Waals surface area contributed by atoms with Gasteiger partial charge in [0.1, 0.15) is 6.54 Å². The van der Waals surface area contributed by atoms with Crippen molar-refractivity contribution in [2.24, 2.45) is 0 Å². The Balaban J connectivity index is 2.57. The molecule has 0 saturated carbocycles. The van der Waals surface area contributed by atoms with Gasteiger partial charge in [-0.2, -0.15) is 5.26 Å². The van der Waals surface area contributed by atoms with E-state index in [0.29, 0.717) is 5.69 Å². The van der Waals surface area contributed by atoms with Crippen molar-refractivity contribution < 1.29 is 18.3 Å². The van der Waals surface area contributed by atoms with E-state index < -0.39 is 16.0 Å². The van der Waals surface area contributed by atoms with Crippen LogP contribution in [0.15, 0.2) is 57.9 Å². The Morgan fingerprint density at radius 2 is 1.87 bits per heavy atom. The molecule has 0 spiro atoms. The number of rotatable bonds is 5. The summed E-state index contributed by atoms with van der Waals surface area (Å²) in [6.07, 6.45) is 0. The highest BCUT2D eigenvalue weighted by atomic mass is 79.9. The SMILES string of the molecule is N#CCN(c1ccccc1)S(=O)(=O)c1ccc(Br)c(C(=O)O)c1. The number of nitrogens with zero attached hydrogens (tertiary/aromatic N) is 2. The molecule has 2 aromatic rings. The molecular formula is C15H11BrN2O4S. The Bertz CT molecular complexity index is 876.